The Morgan fingerprint density at radius 2 is 1.74 bits per heavy atom. The molecule has 0 N–H and O–H groups in total. The standard InChI is InChI=1S/C15H14Br2O2/c1-18-15-6-5-14(17)8-12(15)10-19-9-11-3-2-4-13(16)7-11/h2-8H,9-10H2,1H3. The zero-order chi connectivity index (χ0) is 13.7. The Hall–Kier alpha value is -0.840. The highest BCUT2D eigenvalue weighted by Gasteiger charge is 2.04. The van der Waals surface area contributed by atoms with E-state index in [0.717, 1.165) is 25.8 Å². The van der Waals surface area contributed by atoms with Crippen molar-refractivity contribution in [2.45, 2.75) is 13.2 Å². The third-order valence-corrected chi connectivity index (χ3v) is 3.64. The molecule has 0 fully saturated rings. The van der Waals surface area contributed by atoms with Crippen molar-refractivity contribution in [2.24, 2.45) is 0 Å². The summed E-state index contributed by atoms with van der Waals surface area (Å²) in [7, 11) is 1.67. The first-order chi connectivity index (χ1) is 9.19. The molecule has 0 heterocycles. The molecule has 0 aromatic heterocycles. The van der Waals surface area contributed by atoms with Gasteiger partial charge in [0, 0.05) is 14.5 Å². The Kier molecular flexibility index (Phi) is 5.43. The first kappa shape index (κ1) is 14.6. The maximum atomic E-state index is 5.74. The molecular formula is C15H14Br2O2. The van der Waals surface area contributed by atoms with Crippen LogP contribution in [0.25, 0.3) is 0 Å². The minimum atomic E-state index is 0.523. The first-order valence-corrected chi connectivity index (χ1v) is 7.42. The van der Waals surface area contributed by atoms with E-state index in [1.54, 1.807) is 7.11 Å². The summed E-state index contributed by atoms with van der Waals surface area (Å²) >= 11 is 6.90. The predicted molar refractivity (Wildman–Crippen MR) is 83.3 cm³/mol. The fraction of sp³-hybridized carbons (Fsp3) is 0.200. The van der Waals surface area contributed by atoms with Crippen LogP contribution in [-0.2, 0) is 18.0 Å². The highest BCUT2D eigenvalue weighted by atomic mass is 79.9. The molecule has 0 radical (unpaired) electrons. The molecule has 2 nitrogen and oxygen atoms in total. The van der Waals surface area contributed by atoms with E-state index in [1.165, 1.54) is 0 Å². The third-order valence-electron chi connectivity index (χ3n) is 2.66. The molecule has 19 heavy (non-hydrogen) atoms. The number of hydrogen-bond donors (Lipinski definition) is 0. The minimum Gasteiger partial charge on any atom is -0.496 e. The van der Waals surface area contributed by atoms with Gasteiger partial charge >= 0.3 is 0 Å². The smallest absolute Gasteiger partial charge is 0.124 e. The van der Waals surface area contributed by atoms with Gasteiger partial charge in [0.1, 0.15) is 5.75 Å². The normalized spacial score (nSPS) is 10.5. The van der Waals surface area contributed by atoms with E-state index in [2.05, 4.69) is 37.9 Å². The van der Waals surface area contributed by atoms with Gasteiger partial charge in [0.15, 0.2) is 0 Å². The topological polar surface area (TPSA) is 18.5 Å². The van der Waals surface area contributed by atoms with Crippen molar-refractivity contribution in [3.05, 3.63) is 62.5 Å². The molecule has 0 spiro atoms. The average molecular weight is 386 g/mol. The van der Waals surface area contributed by atoms with Crippen molar-refractivity contribution in [3.8, 4) is 5.75 Å². The summed E-state index contributed by atoms with van der Waals surface area (Å²) in [5.74, 6) is 0.845. The summed E-state index contributed by atoms with van der Waals surface area (Å²) in [6, 6.07) is 14.0. The first-order valence-electron chi connectivity index (χ1n) is 5.83. The molecule has 0 amide bonds. The third kappa shape index (κ3) is 4.34. The molecule has 0 bridgehead atoms. The lowest BCUT2D eigenvalue weighted by Gasteiger charge is -2.10. The van der Waals surface area contributed by atoms with Crippen molar-refractivity contribution >= 4 is 31.9 Å². The molecule has 0 aliphatic carbocycles. The highest BCUT2D eigenvalue weighted by Crippen LogP contribution is 2.24. The maximum absolute atomic E-state index is 5.74. The molecule has 0 atom stereocenters. The van der Waals surface area contributed by atoms with E-state index in [4.69, 9.17) is 9.47 Å². The monoisotopic (exact) mass is 384 g/mol. The summed E-state index contributed by atoms with van der Waals surface area (Å²) in [5.41, 5.74) is 2.18. The van der Waals surface area contributed by atoms with Crippen molar-refractivity contribution in [2.75, 3.05) is 7.11 Å². The van der Waals surface area contributed by atoms with Gasteiger partial charge in [-0.3, -0.25) is 0 Å². The second kappa shape index (κ2) is 7.08. The van der Waals surface area contributed by atoms with Crippen LogP contribution in [0.3, 0.4) is 0 Å². The van der Waals surface area contributed by atoms with Gasteiger partial charge in [-0.2, -0.15) is 0 Å². The fourth-order valence-corrected chi connectivity index (χ4v) is 2.62. The lowest BCUT2D eigenvalue weighted by atomic mass is 10.2. The summed E-state index contributed by atoms with van der Waals surface area (Å²) in [6.45, 7) is 1.10. The van der Waals surface area contributed by atoms with Gasteiger partial charge in [0.2, 0.25) is 0 Å². The van der Waals surface area contributed by atoms with Gasteiger partial charge in [0.25, 0.3) is 0 Å². The van der Waals surface area contributed by atoms with Crippen molar-refractivity contribution in [1.29, 1.82) is 0 Å². The van der Waals surface area contributed by atoms with E-state index >= 15 is 0 Å². The Balaban J connectivity index is 1.97. The molecule has 100 valence electrons. The highest BCUT2D eigenvalue weighted by molar-refractivity contribution is 9.10. The molecule has 0 saturated heterocycles. The van der Waals surface area contributed by atoms with Crippen LogP contribution < -0.4 is 4.74 Å². The second-order valence-corrected chi connectivity index (χ2v) is 5.91. The van der Waals surface area contributed by atoms with Gasteiger partial charge in [-0.25, -0.2) is 0 Å². The Bertz CT molecular complexity index is 556. The van der Waals surface area contributed by atoms with Crippen molar-refractivity contribution in [3.63, 3.8) is 0 Å². The number of benzene rings is 2. The average Bonchev–Trinajstić information content (AvgIpc) is 2.39. The van der Waals surface area contributed by atoms with Crippen LogP contribution in [0.2, 0.25) is 0 Å². The molecule has 2 aromatic rings. The number of hydrogen-bond acceptors (Lipinski definition) is 2. The maximum Gasteiger partial charge on any atom is 0.124 e. The van der Waals surface area contributed by atoms with E-state index in [9.17, 15) is 0 Å². The number of rotatable bonds is 5. The Morgan fingerprint density at radius 1 is 0.947 bits per heavy atom. The molecule has 0 aliphatic rings. The molecule has 4 heteroatoms. The SMILES string of the molecule is COc1ccc(Br)cc1COCc1cccc(Br)c1. The molecule has 0 saturated carbocycles. The Labute approximate surface area is 130 Å². The number of ether oxygens (including phenoxy) is 2. The lowest BCUT2D eigenvalue weighted by Crippen LogP contribution is -1.97. The quantitative estimate of drug-likeness (QED) is 0.725. The van der Waals surface area contributed by atoms with Crippen molar-refractivity contribution < 1.29 is 9.47 Å². The predicted octanol–water partition coefficient (Wildman–Crippen LogP) is 4.94. The summed E-state index contributed by atoms with van der Waals surface area (Å²) in [4.78, 5) is 0. The molecule has 2 rings (SSSR count). The second-order valence-electron chi connectivity index (χ2n) is 4.08. The van der Waals surface area contributed by atoms with Crippen LogP contribution in [0, 0.1) is 0 Å². The number of halogens is 2. The van der Waals surface area contributed by atoms with Crippen LogP contribution in [0.1, 0.15) is 11.1 Å². The van der Waals surface area contributed by atoms with E-state index < -0.39 is 0 Å². The van der Waals surface area contributed by atoms with Gasteiger partial charge in [-0.05, 0) is 35.9 Å². The fourth-order valence-electron chi connectivity index (χ4n) is 1.77. The molecule has 2 aromatic carbocycles. The minimum absolute atomic E-state index is 0.523. The van der Waals surface area contributed by atoms with Crippen molar-refractivity contribution in [1.82, 2.24) is 0 Å². The lowest BCUT2D eigenvalue weighted by molar-refractivity contribution is 0.105. The van der Waals surface area contributed by atoms with Crippen LogP contribution in [0.4, 0.5) is 0 Å². The van der Waals surface area contributed by atoms with E-state index in [0.29, 0.717) is 13.2 Å². The molecule has 0 aliphatic heterocycles. The van der Waals surface area contributed by atoms with E-state index in [-0.39, 0.29) is 0 Å². The van der Waals surface area contributed by atoms with Crippen LogP contribution in [0.5, 0.6) is 5.75 Å². The summed E-state index contributed by atoms with van der Waals surface area (Å²) < 4.78 is 13.1. The van der Waals surface area contributed by atoms with Crippen LogP contribution >= 0.6 is 31.9 Å². The summed E-state index contributed by atoms with van der Waals surface area (Å²) in [6.07, 6.45) is 0. The van der Waals surface area contributed by atoms with Gasteiger partial charge in [0.05, 0.1) is 20.3 Å². The van der Waals surface area contributed by atoms with Gasteiger partial charge in [-0.15, -0.1) is 0 Å². The Morgan fingerprint density at radius 3 is 2.47 bits per heavy atom. The molecule has 0 unspecified atom stereocenters. The number of methoxy groups -OCH3 is 1. The zero-order valence-electron chi connectivity index (χ0n) is 10.5. The van der Waals surface area contributed by atoms with Gasteiger partial charge in [-0.1, -0.05) is 44.0 Å². The summed E-state index contributed by atoms with van der Waals surface area (Å²) in [5, 5.41) is 0. The van der Waals surface area contributed by atoms with Crippen LogP contribution in [-0.4, -0.2) is 7.11 Å². The van der Waals surface area contributed by atoms with Gasteiger partial charge < -0.3 is 9.47 Å². The van der Waals surface area contributed by atoms with E-state index in [1.807, 2.05) is 36.4 Å². The molecular weight excluding hydrogens is 372 g/mol. The largest absolute Gasteiger partial charge is 0.496 e. The van der Waals surface area contributed by atoms with Crippen LogP contribution in [0.15, 0.2) is 51.4 Å². The zero-order valence-corrected chi connectivity index (χ0v) is 13.7.